The highest BCUT2D eigenvalue weighted by molar-refractivity contribution is 5.73. The molecular weight excluding hydrogens is 224 g/mol. The average Bonchev–Trinajstić information content (AvgIpc) is 2.45. The van der Waals surface area contributed by atoms with Crippen LogP contribution in [-0.2, 0) is 11.3 Å². The van der Waals surface area contributed by atoms with Crippen molar-refractivity contribution in [1.82, 2.24) is 4.90 Å². The Morgan fingerprint density at radius 2 is 1.89 bits per heavy atom. The van der Waals surface area contributed by atoms with E-state index in [1.807, 2.05) is 25.1 Å². The standard InChI is InChI=1S/C15H22N2O/c1-14(16-13-17-10-6-3-7-11-17)18-12-15-8-4-2-5-9-15/h2,4-5,8-9H,3,6-7,10-13H2,1H3. The second-order valence-electron chi connectivity index (χ2n) is 4.77. The molecular formula is C15H22N2O. The maximum atomic E-state index is 5.64. The zero-order valence-electron chi connectivity index (χ0n) is 11.1. The van der Waals surface area contributed by atoms with Crippen molar-refractivity contribution in [2.75, 3.05) is 19.8 Å². The van der Waals surface area contributed by atoms with Gasteiger partial charge in [-0.05, 0) is 31.5 Å². The third-order valence-corrected chi connectivity index (χ3v) is 3.23. The van der Waals surface area contributed by atoms with Crippen LogP contribution in [0.1, 0.15) is 31.7 Å². The smallest absolute Gasteiger partial charge is 0.181 e. The van der Waals surface area contributed by atoms with E-state index in [2.05, 4.69) is 22.0 Å². The number of ether oxygens (including phenoxy) is 1. The molecule has 1 aromatic carbocycles. The summed E-state index contributed by atoms with van der Waals surface area (Å²) in [6, 6.07) is 10.2. The molecule has 0 unspecified atom stereocenters. The van der Waals surface area contributed by atoms with Crippen molar-refractivity contribution in [2.45, 2.75) is 32.8 Å². The van der Waals surface area contributed by atoms with Crippen molar-refractivity contribution in [3.63, 3.8) is 0 Å². The summed E-state index contributed by atoms with van der Waals surface area (Å²) in [7, 11) is 0. The van der Waals surface area contributed by atoms with Gasteiger partial charge >= 0.3 is 0 Å². The van der Waals surface area contributed by atoms with Gasteiger partial charge in [-0.1, -0.05) is 36.8 Å². The number of likely N-dealkylation sites (tertiary alicyclic amines) is 1. The first-order valence-electron chi connectivity index (χ1n) is 6.75. The van der Waals surface area contributed by atoms with E-state index < -0.39 is 0 Å². The predicted molar refractivity (Wildman–Crippen MR) is 74.6 cm³/mol. The number of piperidine rings is 1. The van der Waals surface area contributed by atoms with Gasteiger partial charge in [-0.3, -0.25) is 4.90 Å². The normalized spacial score (nSPS) is 17.7. The summed E-state index contributed by atoms with van der Waals surface area (Å²) < 4.78 is 5.64. The highest BCUT2D eigenvalue weighted by Crippen LogP contribution is 2.08. The van der Waals surface area contributed by atoms with Gasteiger partial charge in [0.2, 0.25) is 0 Å². The van der Waals surface area contributed by atoms with Gasteiger partial charge in [0.1, 0.15) is 6.61 Å². The van der Waals surface area contributed by atoms with Gasteiger partial charge in [0.25, 0.3) is 0 Å². The van der Waals surface area contributed by atoms with E-state index in [4.69, 9.17) is 4.74 Å². The van der Waals surface area contributed by atoms with Gasteiger partial charge in [-0.25, -0.2) is 4.99 Å². The molecule has 0 saturated carbocycles. The van der Waals surface area contributed by atoms with Crippen LogP contribution >= 0.6 is 0 Å². The van der Waals surface area contributed by atoms with Crippen molar-refractivity contribution in [3.05, 3.63) is 35.9 Å². The third-order valence-electron chi connectivity index (χ3n) is 3.23. The summed E-state index contributed by atoms with van der Waals surface area (Å²) >= 11 is 0. The van der Waals surface area contributed by atoms with E-state index in [0.29, 0.717) is 6.61 Å². The molecule has 1 saturated heterocycles. The number of nitrogens with zero attached hydrogens (tertiary/aromatic N) is 2. The first kappa shape index (κ1) is 13.1. The lowest BCUT2D eigenvalue weighted by Crippen LogP contribution is -2.30. The Balaban J connectivity index is 1.71. The van der Waals surface area contributed by atoms with Gasteiger partial charge in [0.15, 0.2) is 5.90 Å². The first-order valence-corrected chi connectivity index (χ1v) is 6.75. The molecule has 1 aliphatic rings. The van der Waals surface area contributed by atoms with E-state index in [9.17, 15) is 0 Å². The van der Waals surface area contributed by atoms with E-state index >= 15 is 0 Å². The topological polar surface area (TPSA) is 24.8 Å². The summed E-state index contributed by atoms with van der Waals surface area (Å²) in [4.78, 5) is 6.87. The van der Waals surface area contributed by atoms with Crippen LogP contribution in [0.2, 0.25) is 0 Å². The summed E-state index contributed by atoms with van der Waals surface area (Å²) in [5.74, 6) is 0.782. The number of rotatable bonds is 4. The zero-order chi connectivity index (χ0) is 12.6. The number of hydrogen-bond donors (Lipinski definition) is 0. The van der Waals surface area contributed by atoms with Crippen LogP contribution in [0, 0.1) is 0 Å². The Labute approximate surface area is 109 Å². The highest BCUT2D eigenvalue weighted by atomic mass is 16.5. The number of aliphatic imine (C=N–C) groups is 1. The van der Waals surface area contributed by atoms with Gasteiger partial charge in [-0.15, -0.1) is 0 Å². The van der Waals surface area contributed by atoms with Crippen LogP contribution in [0.4, 0.5) is 0 Å². The molecule has 0 spiro atoms. The second kappa shape index (κ2) is 7.17. The molecule has 1 aliphatic heterocycles. The molecule has 0 atom stereocenters. The second-order valence-corrected chi connectivity index (χ2v) is 4.77. The lowest BCUT2D eigenvalue weighted by molar-refractivity contribution is 0.229. The van der Waals surface area contributed by atoms with Crippen molar-refractivity contribution in [3.8, 4) is 0 Å². The number of hydrogen-bond acceptors (Lipinski definition) is 3. The summed E-state index contributed by atoms with van der Waals surface area (Å²) in [5.41, 5.74) is 1.19. The van der Waals surface area contributed by atoms with Crippen LogP contribution in [0.25, 0.3) is 0 Å². The zero-order valence-corrected chi connectivity index (χ0v) is 11.1. The van der Waals surface area contributed by atoms with Crippen molar-refractivity contribution >= 4 is 5.90 Å². The first-order chi connectivity index (χ1) is 8.84. The van der Waals surface area contributed by atoms with E-state index in [1.165, 1.54) is 37.9 Å². The molecule has 18 heavy (non-hydrogen) atoms. The highest BCUT2D eigenvalue weighted by Gasteiger charge is 2.08. The van der Waals surface area contributed by atoms with Crippen LogP contribution < -0.4 is 0 Å². The van der Waals surface area contributed by atoms with Gasteiger partial charge in [0, 0.05) is 6.92 Å². The number of benzene rings is 1. The molecule has 0 N–H and O–H groups in total. The molecule has 2 rings (SSSR count). The largest absolute Gasteiger partial charge is 0.476 e. The SMILES string of the molecule is CC(=NCN1CCCCC1)OCc1ccccc1. The summed E-state index contributed by atoms with van der Waals surface area (Å²) in [6.07, 6.45) is 3.97. The fourth-order valence-corrected chi connectivity index (χ4v) is 2.11. The van der Waals surface area contributed by atoms with E-state index in [-0.39, 0.29) is 0 Å². The molecule has 0 aromatic heterocycles. The summed E-state index contributed by atoms with van der Waals surface area (Å²) in [5, 5.41) is 0. The van der Waals surface area contributed by atoms with Crippen LogP contribution in [-0.4, -0.2) is 30.6 Å². The van der Waals surface area contributed by atoms with Crippen LogP contribution in [0.3, 0.4) is 0 Å². The molecule has 3 heteroatoms. The quantitative estimate of drug-likeness (QED) is 0.602. The van der Waals surface area contributed by atoms with Gasteiger partial charge in [-0.2, -0.15) is 0 Å². The third kappa shape index (κ3) is 4.49. The molecule has 3 nitrogen and oxygen atoms in total. The van der Waals surface area contributed by atoms with Gasteiger partial charge in [0.05, 0.1) is 6.67 Å². The maximum Gasteiger partial charge on any atom is 0.181 e. The molecule has 0 aliphatic carbocycles. The monoisotopic (exact) mass is 246 g/mol. The Bertz CT molecular complexity index is 369. The fourth-order valence-electron chi connectivity index (χ4n) is 2.11. The molecule has 0 bridgehead atoms. The minimum atomic E-state index is 0.607. The molecule has 0 amide bonds. The Hall–Kier alpha value is -1.35. The fraction of sp³-hybridized carbons (Fsp3) is 0.533. The molecule has 1 aromatic rings. The lowest BCUT2D eigenvalue weighted by Gasteiger charge is -2.24. The van der Waals surface area contributed by atoms with E-state index in [1.54, 1.807) is 0 Å². The average molecular weight is 246 g/mol. The van der Waals surface area contributed by atoms with Gasteiger partial charge < -0.3 is 4.74 Å². The molecule has 1 fully saturated rings. The van der Waals surface area contributed by atoms with Crippen LogP contribution in [0.15, 0.2) is 35.3 Å². The van der Waals surface area contributed by atoms with Crippen LogP contribution in [0.5, 0.6) is 0 Å². The lowest BCUT2D eigenvalue weighted by atomic mass is 10.1. The minimum absolute atomic E-state index is 0.607. The van der Waals surface area contributed by atoms with Crippen molar-refractivity contribution in [2.24, 2.45) is 4.99 Å². The van der Waals surface area contributed by atoms with E-state index in [0.717, 1.165) is 12.6 Å². The van der Waals surface area contributed by atoms with Crippen molar-refractivity contribution in [1.29, 1.82) is 0 Å². The van der Waals surface area contributed by atoms with Crippen molar-refractivity contribution < 1.29 is 4.74 Å². The molecule has 0 radical (unpaired) electrons. The summed E-state index contributed by atoms with van der Waals surface area (Å²) in [6.45, 7) is 5.68. The Morgan fingerprint density at radius 1 is 1.17 bits per heavy atom. The Morgan fingerprint density at radius 3 is 2.61 bits per heavy atom. The molecule has 1 heterocycles. The Kier molecular flexibility index (Phi) is 5.21. The minimum Gasteiger partial charge on any atom is -0.476 e. The predicted octanol–water partition coefficient (Wildman–Crippen LogP) is 3.07. The maximum absolute atomic E-state index is 5.64. The molecule has 98 valence electrons.